The summed E-state index contributed by atoms with van der Waals surface area (Å²) < 4.78 is 42.0. The number of nitrogens with zero attached hydrogens (tertiary/aromatic N) is 7. The first-order valence-electron chi connectivity index (χ1n) is 8.79. The highest BCUT2D eigenvalue weighted by Gasteiger charge is 2.39. The van der Waals surface area contributed by atoms with Crippen molar-refractivity contribution in [1.82, 2.24) is 32.9 Å². The Balaban J connectivity index is 1.44. The number of carbonyl (C=O) groups excluding carboxylic acids is 1. The van der Waals surface area contributed by atoms with Crippen LogP contribution < -0.4 is 0 Å². The van der Waals surface area contributed by atoms with Gasteiger partial charge >= 0.3 is 0 Å². The summed E-state index contributed by atoms with van der Waals surface area (Å²) in [7, 11) is -0.461. The van der Waals surface area contributed by atoms with Gasteiger partial charge in [-0.3, -0.25) is 4.79 Å². The average molecular weight is 438 g/mol. The number of hydrogen-bond acceptors (Lipinski definition) is 9. The van der Waals surface area contributed by atoms with Crippen LogP contribution in [0.15, 0.2) is 29.3 Å². The number of carbonyl (C=O) groups is 1. The Morgan fingerprint density at radius 1 is 1.34 bits per heavy atom. The standard InChI is InChI=1S/C16H19N7O4S2/c1-21(6-7-27-2)16(24)13-10-23(20-17-13)11-8-22(9-11)29(25,26)14-5-3-4-12-15(14)19-28-18-12/h3-5,10-11H,6-9H2,1-2H3. The van der Waals surface area contributed by atoms with Crippen LogP contribution in [-0.4, -0.2) is 87.7 Å². The molecule has 4 rings (SSSR count). The smallest absolute Gasteiger partial charge is 0.275 e. The molecule has 3 aromatic rings. The minimum absolute atomic E-state index is 0.149. The van der Waals surface area contributed by atoms with Gasteiger partial charge < -0.3 is 9.64 Å². The van der Waals surface area contributed by atoms with Crippen LogP contribution in [0.3, 0.4) is 0 Å². The Labute approximate surface area is 171 Å². The van der Waals surface area contributed by atoms with Crippen LogP contribution in [0.5, 0.6) is 0 Å². The molecule has 0 spiro atoms. The van der Waals surface area contributed by atoms with Gasteiger partial charge in [0, 0.05) is 33.8 Å². The molecular weight excluding hydrogens is 418 g/mol. The summed E-state index contributed by atoms with van der Waals surface area (Å²) >= 11 is 0.981. The summed E-state index contributed by atoms with van der Waals surface area (Å²) in [6.07, 6.45) is 1.55. The van der Waals surface area contributed by atoms with Crippen molar-refractivity contribution in [2.75, 3.05) is 40.4 Å². The van der Waals surface area contributed by atoms with E-state index in [-0.39, 0.29) is 35.6 Å². The first-order valence-corrected chi connectivity index (χ1v) is 11.0. The van der Waals surface area contributed by atoms with Crippen LogP contribution in [0, 0.1) is 0 Å². The van der Waals surface area contributed by atoms with Gasteiger partial charge in [-0.05, 0) is 12.1 Å². The normalized spacial score (nSPS) is 15.5. The topological polar surface area (TPSA) is 123 Å². The third-order valence-electron chi connectivity index (χ3n) is 4.78. The summed E-state index contributed by atoms with van der Waals surface area (Å²) in [6, 6.07) is 4.74. The van der Waals surface area contributed by atoms with Crippen molar-refractivity contribution in [3.05, 3.63) is 30.1 Å². The number of sulfonamides is 1. The molecule has 13 heteroatoms. The van der Waals surface area contributed by atoms with Crippen LogP contribution in [0.25, 0.3) is 11.0 Å². The summed E-state index contributed by atoms with van der Waals surface area (Å²) in [5.74, 6) is -0.264. The Bertz CT molecular complexity index is 1140. The van der Waals surface area contributed by atoms with Gasteiger partial charge in [-0.15, -0.1) is 5.10 Å². The molecule has 0 aliphatic carbocycles. The average Bonchev–Trinajstić information content (AvgIpc) is 3.33. The number of methoxy groups -OCH3 is 1. The van der Waals surface area contributed by atoms with Gasteiger partial charge in [0.15, 0.2) is 5.69 Å². The van der Waals surface area contributed by atoms with Crippen molar-refractivity contribution in [3.8, 4) is 0 Å². The Hall–Kier alpha value is -2.48. The molecule has 1 aliphatic heterocycles. The van der Waals surface area contributed by atoms with Crippen molar-refractivity contribution < 1.29 is 17.9 Å². The zero-order valence-corrected chi connectivity index (χ0v) is 17.4. The first-order chi connectivity index (χ1) is 13.9. The number of likely N-dealkylation sites (N-methyl/N-ethyl adjacent to an activating group) is 1. The highest BCUT2D eigenvalue weighted by Crippen LogP contribution is 2.31. The molecule has 0 N–H and O–H groups in total. The maximum Gasteiger partial charge on any atom is 0.275 e. The van der Waals surface area contributed by atoms with Crippen molar-refractivity contribution in [2.24, 2.45) is 0 Å². The zero-order chi connectivity index (χ0) is 20.6. The van der Waals surface area contributed by atoms with Crippen LogP contribution >= 0.6 is 11.7 Å². The van der Waals surface area contributed by atoms with Crippen LogP contribution in [0.1, 0.15) is 16.5 Å². The molecule has 29 heavy (non-hydrogen) atoms. The third kappa shape index (κ3) is 3.61. The number of benzene rings is 1. The van der Waals surface area contributed by atoms with Crippen molar-refractivity contribution in [1.29, 1.82) is 0 Å². The predicted octanol–water partition coefficient (Wildman–Crippen LogP) is 0.247. The fraction of sp³-hybridized carbons (Fsp3) is 0.438. The number of rotatable bonds is 7. The highest BCUT2D eigenvalue weighted by atomic mass is 32.2. The van der Waals surface area contributed by atoms with Crippen molar-refractivity contribution >= 4 is 38.7 Å². The van der Waals surface area contributed by atoms with Gasteiger partial charge in [-0.2, -0.15) is 13.1 Å². The van der Waals surface area contributed by atoms with Crippen molar-refractivity contribution in [2.45, 2.75) is 10.9 Å². The minimum Gasteiger partial charge on any atom is -0.383 e. The number of aromatic nitrogens is 5. The molecule has 0 saturated carbocycles. The number of ether oxygens (including phenoxy) is 1. The summed E-state index contributed by atoms with van der Waals surface area (Å²) in [6.45, 7) is 1.35. The fourth-order valence-electron chi connectivity index (χ4n) is 2.99. The number of hydrogen-bond donors (Lipinski definition) is 0. The molecule has 1 amide bonds. The maximum atomic E-state index is 13.0. The highest BCUT2D eigenvalue weighted by molar-refractivity contribution is 7.89. The molecule has 3 heterocycles. The minimum atomic E-state index is -3.69. The maximum absolute atomic E-state index is 13.0. The molecule has 1 aliphatic rings. The van der Waals surface area contributed by atoms with E-state index in [0.29, 0.717) is 24.2 Å². The summed E-state index contributed by atoms with van der Waals surface area (Å²) in [4.78, 5) is 14.0. The van der Waals surface area contributed by atoms with Crippen LogP contribution in [0.4, 0.5) is 0 Å². The van der Waals surface area contributed by atoms with Gasteiger partial charge in [-0.25, -0.2) is 13.1 Å². The Kier molecular flexibility index (Phi) is 5.29. The lowest BCUT2D eigenvalue weighted by molar-refractivity contribution is 0.0738. The third-order valence-corrected chi connectivity index (χ3v) is 7.18. The molecular formula is C16H19N7O4S2. The molecule has 2 aromatic heterocycles. The molecule has 0 radical (unpaired) electrons. The molecule has 0 bridgehead atoms. The van der Waals surface area contributed by atoms with E-state index >= 15 is 0 Å². The molecule has 1 aromatic carbocycles. The Morgan fingerprint density at radius 2 is 2.14 bits per heavy atom. The van der Waals surface area contributed by atoms with E-state index in [1.165, 1.54) is 20.0 Å². The molecule has 1 saturated heterocycles. The second-order valence-electron chi connectivity index (χ2n) is 6.67. The lowest BCUT2D eigenvalue weighted by atomic mass is 10.2. The molecule has 0 atom stereocenters. The lowest BCUT2D eigenvalue weighted by Gasteiger charge is -2.37. The van der Waals surface area contributed by atoms with E-state index < -0.39 is 10.0 Å². The van der Waals surface area contributed by atoms with Gasteiger partial charge in [0.05, 0.1) is 30.6 Å². The first kappa shape index (κ1) is 19.8. The van der Waals surface area contributed by atoms with E-state index in [1.807, 2.05) is 0 Å². The van der Waals surface area contributed by atoms with E-state index in [0.717, 1.165) is 11.7 Å². The second-order valence-corrected chi connectivity index (χ2v) is 9.10. The van der Waals surface area contributed by atoms with E-state index in [4.69, 9.17) is 4.74 Å². The van der Waals surface area contributed by atoms with Gasteiger partial charge in [0.1, 0.15) is 15.9 Å². The van der Waals surface area contributed by atoms with Gasteiger partial charge in [-0.1, -0.05) is 11.3 Å². The summed E-state index contributed by atoms with van der Waals surface area (Å²) in [5, 5.41) is 7.92. The molecule has 154 valence electrons. The monoisotopic (exact) mass is 437 g/mol. The van der Waals surface area contributed by atoms with Gasteiger partial charge in [0.25, 0.3) is 5.91 Å². The van der Waals surface area contributed by atoms with E-state index in [1.54, 1.807) is 32.5 Å². The predicted molar refractivity (Wildman–Crippen MR) is 104 cm³/mol. The quantitative estimate of drug-likeness (QED) is 0.515. The zero-order valence-electron chi connectivity index (χ0n) is 15.8. The number of amides is 1. The van der Waals surface area contributed by atoms with E-state index in [2.05, 4.69) is 19.1 Å². The number of fused-ring (bicyclic) bond motifs is 1. The Morgan fingerprint density at radius 3 is 2.90 bits per heavy atom. The largest absolute Gasteiger partial charge is 0.383 e. The van der Waals surface area contributed by atoms with E-state index in [9.17, 15) is 13.2 Å². The SMILES string of the molecule is COCCN(C)C(=O)c1cn(C2CN(S(=O)(=O)c3cccc4nsnc34)C2)nn1. The molecule has 1 fully saturated rings. The lowest BCUT2D eigenvalue weighted by Crippen LogP contribution is -2.50. The molecule has 11 nitrogen and oxygen atoms in total. The second kappa shape index (κ2) is 7.74. The van der Waals surface area contributed by atoms with Gasteiger partial charge in [0.2, 0.25) is 10.0 Å². The van der Waals surface area contributed by atoms with Crippen molar-refractivity contribution in [3.63, 3.8) is 0 Å². The fourth-order valence-corrected chi connectivity index (χ4v) is 5.25. The van der Waals surface area contributed by atoms with Crippen LogP contribution in [0.2, 0.25) is 0 Å². The van der Waals surface area contributed by atoms with Crippen LogP contribution in [-0.2, 0) is 14.8 Å². The molecule has 0 unspecified atom stereocenters. The summed E-state index contributed by atoms with van der Waals surface area (Å²) in [5.41, 5.74) is 1.15.